The summed E-state index contributed by atoms with van der Waals surface area (Å²) in [5, 5.41) is 12.9. The molecule has 2 rings (SSSR count). The van der Waals surface area contributed by atoms with Gasteiger partial charge in [-0.25, -0.2) is 10.2 Å². The van der Waals surface area contributed by atoms with Gasteiger partial charge in [0.15, 0.2) is 6.61 Å². The van der Waals surface area contributed by atoms with E-state index in [0.29, 0.717) is 11.3 Å². The Balaban J connectivity index is 1.96. The third kappa shape index (κ3) is 5.17. The van der Waals surface area contributed by atoms with Gasteiger partial charge in [0.1, 0.15) is 5.75 Å². The number of hydrazone groups is 1. The maximum Gasteiger partial charge on any atom is 0.336 e. The van der Waals surface area contributed by atoms with Crippen LogP contribution in [0.5, 0.6) is 5.75 Å². The Hall–Kier alpha value is -3.15. The van der Waals surface area contributed by atoms with E-state index in [1.165, 1.54) is 12.3 Å². The van der Waals surface area contributed by atoms with E-state index < -0.39 is 11.9 Å². The molecule has 0 saturated heterocycles. The normalized spacial score (nSPS) is 10.9. The van der Waals surface area contributed by atoms with Crippen molar-refractivity contribution in [3.05, 3.63) is 64.7 Å². The van der Waals surface area contributed by atoms with Crippen LogP contribution >= 0.6 is 0 Å². The summed E-state index contributed by atoms with van der Waals surface area (Å²) >= 11 is 0. The molecule has 26 heavy (non-hydrogen) atoms. The van der Waals surface area contributed by atoms with Gasteiger partial charge >= 0.3 is 5.97 Å². The van der Waals surface area contributed by atoms with E-state index in [0.717, 1.165) is 11.1 Å². The molecular formula is C20H22N2O4. The van der Waals surface area contributed by atoms with Crippen molar-refractivity contribution in [2.45, 2.75) is 26.7 Å². The summed E-state index contributed by atoms with van der Waals surface area (Å²) in [5.74, 6) is -0.526. The Labute approximate surface area is 152 Å². The highest BCUT2D eigenvalue weighted by Crippen LogP contribution is 2.27. The summed E-state index contributed by atoms with van der Waals surface area (Å²) in [6, 6.07) is 12.3. The van der Waals surface area contributed by atoms with Crippen LogP contribution in [0.15, 0.2) is 47.6 Å². The molecule has 0 atom stereocenters. The second-order valence-electron chi connectivity index (χ2n) is 6.17. The van der Waals surface area contributed by atoms with Gasteiger partial charge in [-0.2, -0.15) is 5.10 Å². The fourth-order valence-corrected chi connectivity index (χ4v) is 2.40. The third-order valence-electron chi connectivity index (χ3n) is 3.73. The van der Waals surface area contributed by atoms with Crippen molar-refractivity contribution in [3.63, 3.8) is 0 Å². The molecule has 0 saturated carbocycles. The number of nitrogens with one attached hydrogen (secondary N) is 1. The molecule has 2 N–H and O–H groups in total. The Morgan fingerprint density at radius 2 is 1.96 bits per heavy atom. The number of carbonyl (C=O) groups is 2. The minimum Gasteiger partial charge on any atom is -0.483 e. The Morgan fingerprint density at radius 1 is 1.23 bits per heavy atom. The summed E-state index contributed by atoms with van der Waals surface area (Å²) < 4.78 is 5.63. The molecule has 0 fully saturated rings. The van der Waals surface area contributed by atoms with Crippen LogP contribution < -0.4 is 10.2 Å². The SMILES string of the molecule is Cc1ccc(C(C)C)c(OCC(=O)N/N=C/c2ccccc2C(=O)O)c1. The molecule has 0 aromatic heterocycles. The number of hydrogen-bond donors (Lipinski definition) is 2. The zero-order chi connectivity index (χ0) is 19.1. The Morgan fingerprint density at radius 3 is 2.65 bits per heavy atom. The average Bonchev–Trinajstić information content (AvgIpc) is 2.60. The molecule has 0 bridgehead atoms. The van der Waals surface area contributed by atoms with Gasteiger partial charge in [0.05, 0.1) is 11.8 Å². The van der Waals surface area contributed by atoms with E-state index in [-0.39, 0.29) is 18.1 Å². The molecule has 0 aliphatic heterocycles. The molecule has 0 radical (unpaired) electrons. The van der Waals surface area contributed by atoms with Crippen molar-refractivity contribution in [2.75, 3.05) is 6.61 Å². The monoisotopic (exact) mass is 354 g/mol. The summed E-state index contributed by atoms with van der Waals surface area (Å²) in [6.45, 7) is 5.89. The lowest BCUT2D eigenvalue weighted by Crippen LogP contribution is -2.25. The lowest BCUT2D eigenvalue weighted by molar-refractivity contribution is -0.123. The van der Waals surface area contributed by atoms with Crippen LogP contribution in [0, 0.1) is 6.92 Å². The van der Waals surface area contributed by atoms with E-state index in [1.807, 2.05) is 25.1 Å². The molecular weight excluding hydrogens is 332 g/mol. The molecule has 0 spiro atoms. The van der Waals surface area contributed by atoms with Gasteiger partial charge in [0.2, 0.25) is 0 Å². The highest BCUT2D eigenvalue weighted by molar-refractivity contribution is 5.98. The summed E-state index contributed by atoms with van der Waals surface area (Å²) in [7, 11) is 0. The third-order valence-corrected chi connectivity index (χ3v) is 3.73. The predicted molar refractivity (Wildman–Crippen MR) is 99.9 cm³/mol. The van der Waals surface area contributed by atoms with Crippen LogP contribution in [0.1, 0.15) is 46.8 Å². The van der Waals surface area contributed by atoms with Gasteiger partial charge in [-0.1, -0.05) is 44.2 Å². The van der Waals surface area contributed by atoms with Crippen molar-refractivity contribution < 1.29 is 19.4 Å². The maximum atomic E-state index is 11.9. The van der Waals surface area contributed by atoms with Crippen LogP contribution in [0.2, 0.25) is 0 Å². The fourth-order valence-electron chi connectivity index (χ4n) is 2.40. The largest absolute Gasteiger partial charge is 0.483 e. The molecule has 1 amide bonds. The van der Waals surface area contributed by atoms with Crippen molar-refractivity contribution in [2.24, 2.45) is 5.10 Å². The van der Waals surface area contributed by atoms with Crippen LogP contribution in [-0.4, -0.2) is 29.8 Å². The number of nitrogens with zero attached hydrogens (tertiary/aromatic N) is 1. The average molecular weight is 354 g/mol. The number of carboxylic acid groups (broad SMARTS) is 1. The predicted octanol–water partition coefficient (Wildman–Crippen LogP) is 3.35. The van der Waals surface area contributed by atoms with Gasteiger partial charge in [-0.15, -0.1) is 0 Å². The van der Waals surface area contributed by atoms with Gasteiger partial charge in [0, 0.05) is 5.56 Å². The molecule has 0 aliphatic rings. The van der Waals surface area contributed by atoms with E-state index in [9.17, 15) is 9.59 Å². The topological polar surface area (TPSA) is 88.0 Å². The highest BCUT2D eigenvalue weighted by Gasteiger charge is 2.10. The molecule has 6 heteroatoms. The van der Waals surface area contributed by atoms with Gasteiger partial charge in [-0.05, 0) is 36.1 Å². The number of carbonyl (C=O) groups excluding carboxylic acids is 1. The molecule has 2 aromatic carbocycles. The van der Waals surface area contributed by atoms with E-state index in [4.69, 9.17) is 9.84 Å². The number of rotatable bonds is 7. The van der Waals surface area contributed by atoms with Gasteiger partial charge in [-0.3, -0.25) is 4.79 Å². The summed E-state index contributed by atoms with van der Waals surface area (Å²) in [5.41, 5.74) is 4.94. The molecule has 2 aromatic rings. The molecule has 6 nitrogen and oxygen atoms in total. The summed E-state index contributed by atoms with van der Waals surface area (Å²) in [6.07, 6.45) is 1.30. The van der Waals surface area contributed by atoms with Crippen LogP contribution in [0.4, 0.5) is 0 Å². The van der Waals surface area contributed by atoms with Gasteiger partial charge in [0.25, 0.3) is 5.91 Å². The first-order valence-electron chi connectivity index (χ1n) is 8.26. The first-order valence-corrected chi connectivity index (χ1v) is 8.26. The minimum atomic E-state index is -1.05. The van der Waals surface area contributed by atoms with Crippen molar-refractivity contribution in [3.8, 4) is 5.75 Å². The van der Waals surface area contributed by atoms with Crippen molar-refractivity contribution >= 4 is 18.1 Å². The van der Waals surface area contributed by atoms with Crippen LogP contribution in [0.3, 0.4) is 0 Å². The molecule has 136 valence electrons. The zero-order valence-corrected chi connectivity index (χ0v) is 15.0. The number of ether oxygens (including phenoxy) is 1. The van der Waals surface area contributed by atoms with Crippen LogP contribution in [-0.2, 0) is 4.79 Å². The number of aromatic carboxylic acids is 1. The highest BCUT2D eigenvalue weighted by atomic mass is 16.5. The van der Waals surface area contributed by atoms with E-state index >= 15 is 0 Å². The standard InChI is InChI=1S/C20H22N2O4/c1-13(2)16-9-8-14(3)10-18(16)26-12-19(23)22-21-11-15-6-4-5-7-17(15)20(24)25/h4-11,13H,12H2,1-3H3,(H,22,23)(H,24,25)/b21-11+. The second-order valence-corrected chi connectivity index (χ2v) is 6.17. The molecule has 0 aliphatic carbocycles. The lowest BCUT2D eigenvalue weighted by Gasteiger charge is -2.14. The number of aryl methyl sites for hydroxylation is 1. The smallest absolute Gasteiger partial charge is 0.336 e. The first kappa shape index (κ1) is 19.2. The minimum absolute atomic E-state index is 0.114. The van der Waals surface area contributed by atoms with E-state index in [2.05, 4.69) is 24.4 Å². The van der Waals surface area contributed by atoms with E-state index in [1.54, 1.807) is 18.2 Å². The second kappa shape index (κ2) is 8.80. The molecule has 0 unspecified atom stereocenters. The zero-order valence-electron chi connectivity index (χ0n) is 15.0. The van der Waals surface area contributed by atoms with Gasteiger partial charge < -0.3 is 9.84 Å². The van der Waals surface area contributed by atoms with Crippen LogP contribution in [0.25, 0.3) is 0 Å². The Kier molecular flexibility index (Phi) is 6.49. The lowest BCUT2D eigenvalue weighted by atomic mass is 10.0. The quantitative estimate of drug-likeness (QED) is 0.589. The number of amides is 1. The molecule has 0 heterocycles. The maximum absolute atomic E-state index is 11.9. The fraction of sp³-hybridized carbons (Fsp3) is 0.250. The number of carboxylic acids is 1. The Bertz CT molecular complexity index is 828. The first-order chi connectivity index (χ1) is 12.4. The summed E-state index contributed by atoms with van der Waals surface area (Å²) in [4.78, 5) is 23.0. The number of benzene rings is 2. The van der Waals surface area contributed by atoms with Crippen molar-refractivity contribution in [1.29, 1.82) is 0 Å². The number of hydrogen-bond acceptors (Lipinski definition) is 4. The van der Waals surface area contributed by atoms with Crippen molar-refractivity contribution in [1.82, 2.24) is 5.43 Å².